The van der Waals surface area contributed by atoms with Gasteiger partial charge in [-0.25, -0.2) is 0 Å². The van der Waals surface area contributed by atoms with Crippen molar-refractivity contribution in [2.75, 3.05) is 38.0 Å². The van der Waals surface area contributed by atoms with Gasteiger partial charge in [-0.15, -0.1) is 0 Å². The van der Waals surface area contributed by atoms with Crippen LogP contribution in [0.15, 0.2) is 18.2 Å². The summed E-state index contributed by atoms with van der Waals surface area (Å²) in [5, 5.41) is 13.2. The quantitative estimate of drug-likeness (QED) is 0.509. The normalized spacial score (nSPS) is 15.3. The van der Waals surface area contributed by atoms with E-state index in [0.29, 0.717) is 26.2 Å². The molecule has 0 saturated carbocycles. The number of likely N-dealkylation sites (N-methyl/N-ethyl adjacent to an activating group) is 1. The van der Waals surface area contributed by atoms with Crippen LogP contribution in [-0.4, -0.2) is 59.3 Å². The largest absolute Gasteiger partial charge is 0.332 e. The summed E-state index contributed by atoms with van der Waals surface area (Å²) in [5.41, 5.74) is -0.167. The first-order valence-electron chi connectivity index (χ1n) is 7.19. The van der Waals surface area contributed by atoms with E-state index >= 15 is 0 Å². The average Bonchev–Trinajstić information content (AvgIpc) is 2.56. The molecule has 1 aromatic rings. The lowest BCUT2D eigenvalue weighted by molar-refractivity contribution is -0.384. The maximum atomic E-state index is 12.1. The van der Waals surface area contributed by atoms with Gasteiger partial charge in [-0.2, -0.15) is 0 Å². The van der Waals surface area contributed by atoms with Crippen LogP contribution in [0.2, 0.25) is 5.02 Å². The van der Waals surface area contributed by atoms with Crippen LogP contribution in [0.1, 0.15) is 6.92 Å². The Kier molecular flexibility index (Phi) is 5.51. The van der Waals surface area contributed by atoms with Gasteiger partial charge in [0.25, 0.3) is 5.69 Å². The second-order valence-electron chi connectivity index (χ2n) is 5.10. The van der Waals surface area contributed by atoms with Gasteiger partial charge in [-0.3, -0.25) is 19.7 Å². The van der Waals surface area contributed by atoms with Crippen LogP contribution in [0.5, 0.6) is 0 Å². The van der Waals surface area contributed by atoms with Gasteiger partial charge >= 0.3 is 11.8 Å². The Morgan fingerprint density at radius 2 is 1.96 bits per heavy atom. The van der Waals surface area contributed by atoms with Gasteiger partial charge in [-0.1, -0.05) is 18.5 Å². The number of halogens is 1. The molecule has 1 aromatic carbocycles. The lowest BCUT2D eigenvalue weighted by Crippen LogP contribution is -2.51. The number of amides is 2. The van der Waals surface area contributed by atoms with E-state index in [4.69, 9.17) is 11.6 Å². The van der Waals surface area contributed by atoms with Crippen molar-refractivity contribution in [3.05, 3.63) is 33.3 Å². The fourth-order valence-electron chi connectivity index (χ4n) is 2.31. The second kappa shape index (κ2) is 7.38. The van der Waals surface area contributed by atoms with Crippen LogP contribution in [0, 0.1) is 10.1 Å². The molecular formula is C14H17ClN4O4. The molecule has 1 fully saturated rings. The van der Waals surface area contributed by atoms with Gasteiger partial charge in [-0.05, 0) is 12.6 Å². The van der Waals surface area contributed by atoms with E-state index in [1.165, 1.54) is 17.0 Å². The number of benzene rings is 1. The zero-order valence-corrected chi connectivity index (χ0v) is 13.4. The first kappa shape index (κ1) is 17.2. The fourth-order valence-corrected chi connectivity index (χ4v) is 2.47. The lowest BCUT2D eigenvalue weighted by Gasteiger charge is -2.33. The first-order valence-corrected chi connectivity index (χ1v) is 7.56. The van der Waals surface area contributed by atoms with Gasteiger partial charge in [0.1, 0.15) is 0 Å². The van der Waals surface area contributed by atoms with Gasteiger partial charge in [0, 0.05) is 38.3 Å². The van der Waals surface area contributed by atoms with Crippen molar-refractivity contribution in [2.24, 2.45) is 0 Å². The first-order chi connectivity index (χ1) is 10.9. The molecule has 0 spiro atoms. The predicted molar refractivity (Wildman–Crippen MR) is 85.4 cm³/mol. The monoisotopic (exact) mass is 340 g/mol. The molecule has 1 saturated heterocycles. The third-order valence-electron chi connectivity index (χ3n) is 3.71. The summed E-state index contributed by atoms with van der Waals surface area (Å²) in [6.45, 7) is 5.32. The molecular weight excluding hydrogens is 324 g/mol. The number of hydrogen-bond acceptors (Lipinski definition) is 5. The highest BCUT2D eigenvalue weighted by atomic mass is 35.5. The third kappa shape index (κ3) is 4.17. The lowest BCUT2D eigenvalue weighted by atomic mass is 10.2. The number of hydrogen-bond donors (Lipinski definition) is 1. The van der Waals surface area contributed by atoms with E-state index in [1.807, 2.05) is 6.92 Å². The Morgan fingerprint density at radius 1 is 1.30 bits per heavy atom. The van der Waals surface area contributed by atoms with Gasteiger partial charge in [0.05, 0.1) is 15.6 Å². The van der Waals surface area contributed by atoms with Crippen LogP contribution in [-0.2, 0) is 9.59 Å². The molecule has 0 aromatic heterocycles. The highest BCUT2D eigenvalue weighted by Gasteiger charge is 2.26. The minimum absolute atomic E-state index is 0.0476. The standard InChI is InChI=1S/C14H17ClN4O4/c1-2-17-5-7-18(8-6-17)14(21)13(20)16-12-9-10(19(22)23)3-4-11(12)15/h3-4,9H,2,5-8H2,1H3,(H,16,20). The number of anilines is 1. The van der Waals surface area contributed by atoms with Crippen LogP contribution in [0.3, 0.4) is 0 Å². The average molecular weight is 341 g/mol. The summed E-state index contributed by atoms with van der Waals surface area (Å²) in [7, 11) is 0. The summed E-state index contributed by atoms with van der Waals surface area (Å²) < 4.78 is 0. The van der Waals surface area contributed by atoms with E-state index < -0.39 is 16.7 Å². The molecule has 1 heterocycles. The van der Waals surface area contributed by atoms with Crippen molar-refractivity contribution >= 4 is 34.8 Å². The maximum Gasteiger partial charge on any atom is 0.313 e. The second-order valence-corrected chi connectivity index (χ2v) is 5.51. The van der Waals surface area contributed by atoms with E-state index in [0.717, 1.165) is 12.6 Å². The molecule has 23 heavy (non-hydrogen) atoms. The van der Waals surface area contributed by atoms with Crippen molar-refractivity contribution in [3.8, 4) is 0 Å². The van der Waals surface area contributed by atoms with Crippen LogP contribution < -0.4 is 5.32 Å². The van der Waals surface area contributed by atoms with Crippen molar-refractivity contribution in [2.45, 2.75) is 6.92 Å². The van der Waals surface area contributed by atoms with E-state index in [9.17, 15) is 19.7 Å². The molecule has 1 N–H and O–H groups in total. The van der Waals surface area contributed by atoms with Crippen molar-refractivity contribution in [3.63, 3.8) is 0 Å². The molecule has 8 nitrogen and oxygen atoms in total. The Balaban J connectivity index is 2.03. The van der Waals surface area contributed by atoms with E-state index in [-0.39, 0.29) is 16.4 Å². The summed E-state index contributed by atoms with van der Waals surface area (Å²) in [6.07, 6.45) is 0. The van der Waals surface area contributed by atoms with Crippen molar-refractivity contribution < 1.29 is 14.5 Å². The number of carbonyl (C=O) groups excluding carboxylic acids is 2. The molecule has 1 aliphatic rings. The smallest absolute Gasteiger partial charge is 0.313 e. The molecule has 0 unspecified atom stereocenters. The van der Waals surface area contributed by atoms with E-state index in [1.54, 1.807) is 0 Å². The number of nitro groups is 1. The molecule has 0 atom stereocenters. The van der Waals surface area contributed by atoms with Crippen LogP contribution >= 0.6 is 11.6 Å². The van der Waals surface area contributed by atoms with Crippen LogP contribution in [0.25, 0.3) is 0 Å². The highest BCUT2D eigenvalue weighted by molar-refractivity contribution is 6.41. The Hall–Kier alpha value is -2.19. The Morgan fingerprint density at radius 3 is 2.52 bits per heavy atom. The van der Waals surface area contributed by atoms with Gasteiger partial charge < -0.3 is 15.1 Å². The third-order valence-corrected chi connectivity index (χ3v) is 4.04. The fraction of sp³-hybridized carbons (Fsp3) is 0.429. The molecule has 2 rings (SSSR count). The maximum absolute atomic E-state index is 12.1. The molecule has 9 heteroatoms. The van der Waals surface area contributed by atoms with Crippen LogP contribution in [0.4, 0.5) is 11.4 Å². The topological polar surface area (TPSA) is 95.8 Å². The molecule has 124 valence electrons. The number of non-ortho nitro benzene ring substituents is 1. The zero-order chi connectivity index (χ0) is 17.0. The van der Waals surface area contributed by atoms with Gasteiger partial charge in [0.2, 0.25) is 0 Å². The number of piperazine rings is 1. The van der Waals surface area contributed by atoms with Crippen molar-refractivity contribution in [1.82, 2.24) is 9.80 Å². The minimum Gasteiger partial charge on any atom is -0.332 e. The summed E-state index contributed by atoms with van der Waals surface area (Å²) in [5.74, 6) is -1.51. The minimum atomic E-state index is -0.850. The Bertz CT molecular complexity index is 629. The Labute approximate surface area is 138 Å². The zero-order valence-electron chi connectivity index (χ0n) is 12.6. The van der Waals surface area contributed by atoms with E-state index in [2.05, 4.69) is 10.2 Å². The molecule has 0 aliphatic carbocycles. The molecule has 0 bridgehead atoms. The predicted octanol–water partition coefficient (Wildman–Crippen LogP) is 1.35. The molecule has 0 radical (unpaired) electrons. The summed E-state index contributed by atoms with van der Waals surface area (Å²) >= 11 is 5.90. The van der Waals surface area contributed by atoms with Gasteiger partial charge in [0.15, 0.2) is 0 Å². The summed E-state index contributed by atoms with van der Waals surface area (Å²) in [4.78, 5) is 38.0. The highest BCUT2D eigenvalue weighted by Crippen LogP contribution is 2.26. The number of nitrogens with zero attached hydrogens (tertiary/aromatic N) is 3. The number of nitro benzene ring substituents is 1. The van der Waals surface area contributed by atoms with Crippen molar-refractivity contribution in [1.29, 1.82) is 0 Å². The molecule has 2 amide bonds. The number of rotatable bonds is 3. The SMILES string of the molecule is CCN1CCN(C(=O)C(=O)Nc2cc([N+](=O)[O-])ccc2Cl)CC1. The summed E-state index contributed by atoms with van der Waals surface area (Å²) in [6, 6.07) is 3.66. The number of carbonyl (C=O) groups is 2. The molecule has 1 aliphatic heterocycles. The number of nitrogens with one attached hydrogen (secondary N) is 1.